The molecule has 19 heavy (non-hydrogen) atoms. The lowest BCUT2D eigenvalue weighted by atomic mass is 9.72. The van der Waals surface area contributed by atoms with E-state index in [1.807, 2.05) is 0 Å². The Morgan fingerprint density at radius 1 is 1.00 bits per heavy atom. The zero-order chi connectivity index (χ0) is 14.0. The summed E-state index contributed by atoms with van der Waals surface area (Å²) in [5.41, 5.74) is 0. The van der Waals surface area contributed by atoms with Gasteiger partial charge in [-0.1, -0.05) is 27.7 Å². The van der Waals surface area contributed by atoms with Gasteiger partial charge in [-0.25, -0.2) is 0 Å². The van der Waals surface area contributed by atoms with Gasteiger partial charge in [0.25, 0.3) is 0 Å². The van der Waals surface area contributed by atoms with E-state index in [-0.39, 0.29) is 0 Å². The summed E-state index contributed by atoms with van der Waals surface area (Å²) in [6.07, 6.45) is 4.18. The fraction of sp³-hybridized carbons (Fsp3) is 1.00. The van der Waals surface area contributed by atoms with Crippen LogP contribution in [0.2, 0.25) is 0 Å². The number of rotatable bonds is 3. The molecular weight excluding hydrogens is 232 g/mol. The van der Waals surface area contributed by atoms with E-state index in [4.69, 9.17) is 0 Å². The zero-order valence-corrected chi connectivity index (χ0v) is 13.7. The quantitative estimate of drug-likeness (QED) is 0.843. The fourth-order valence-electron chi connectivity index (χ4n) is 4.36. The van der Waals surface area contributed by atoms with E-state index >= 15 is 0 Å². The van der Waals surface area contributed by atoms with Crippen LogP contribution >= 0.6 is 0 Å². The van der Waals surface area contributed by atoms with Gasteiger partial charge in [-0.15, -0.1) is 0 Å². The maximum absolute atomic E-state index is 3.60. The predicted octanol–water partition coefficient (Wildman–Crippen LogP) is 3.23. The van der Waals surface area contributed by atoms with Crippen molar-refractivity contribution in [1.82, 2.24) is 10.2 Å². The van der Waals surface area contributed by atoms with Crippen molar-refractivity contribution in [2.24, 2.45) is 29.6 Å². The second-order valence-electron chi connectivity index (χ2n) is 7.62. The van der Waals surface area contributed by atoms with Crippen molar-refractivity contribution >= 4 is 0 Å². The molecule has 1 saturated carbocycles. The van der Waals surface area contributed by atoms with Crippen LogP contribution in [0.25, 0.3) is 0 Å². The van der Waals surface area contributed by atoms with Gasteiger partial charge in [0.2, 0.25) is 0 Å². The van der Waals surface area contributed by atoms with Gasteiger partial charge in [0, 0.05) is 19.1 Å². The number of nitrogens with one attached hydrogen (secondary N) is 1. The van der Waals surface area contributed by atoms with E-state index in [0.29, 0.717) is 0 Å². The van der Waals surface area contributed by atoms with Gasteiger partial charge in [0.15, 0.2) is 0 Å². The summed E-state index contributed by atoms with van der Waals surface area (Å²) in [5.74, 6) is 4.40. The molecule has 2 fully saturated rings. The van der Waals surface area contributed by atoms with Crippen LogP contribution in [0.15, 0.2) is 0 Å². The van der Waals surface area contributed by atoms with Crippen LogP contribution in [0.5, 0.6) is 0 Å². The molecule has 0 aromatic carbocycles. The Labute approximate surface area is 120 Å². The first-order valence-corrected chi connectivity index (χ1v) is 8.40. The third kappa shape index (κ3) is 3.72. The second kappa shape index (κ2) is 6.58. The Hall–Kier alpha value is -0.0800. The molecule has 2 aliphatic rings. The molecule has 6 atom stereocenters. The molecule has 1 saturated heterocycles. The molecule has 0 bridgehead atoms. The maximum Gasteiger partial charge on any atom is 0.0110 e. The molecule has 1 aliphatic carbocycles. The van der Waals surface area contributed by atoms with E-state index in [0.717, 1.165) is 35.6 Å². The lowest BCUT2D eigenvalue weighted by Crippen LogP contribution is -2.50. The molecule has 0 spiro atoms. The summed E-state index contributed by atoms with van der Waals surface area (Å²) in [6.45, 7) is 13.7. The first kappa shape index (κ1) is 15.3. The van der Waals surface area contributed by atoms with E-state index in [1.165, 1.54) is 38.9 Å². The molecule has 2 heteroatoms. The number of hydrogen-bond donors (Lipinski definition) is 1. The molecular formula is C17H34N2. The van der Waals surface area contributed by atoms with Crippen LogP contribution < -0.4 is 5.32 Å². The highest BCUT2D eigenvalue weighted by molar-refractivity contribution is 4.89. The van der Waals surface area contributed by atoms with Crippen molar-refractivity contribution in [2.45, 2.75) is 53.0 Å². The summed E-state index contributed by atoms with van der Waals surface area (Å²) < 4.78 is 0. The molecule has 2 nitrogen and oxygen atoms in total. The minimum Gasteiger partial charge on any atom is -0.317 e. The monoisotopic (exact) mass is 266 g/mol. The Bertz CT molecular complexity index is 278. The van der Waals surface area contributed by atoms with Crippen molar-refractivity contribution in [3.63, 3.8) is 0 Å². The molecule has 1 heterocycles. The van der Waals surface area contributed by atoms with E-state index < -0.39 is 0 Å². The van der Waals surface area contributed by atoms with Crippen molar-refractivity contribution in [3.05, 3.63) is 0 Å². The molecule has 0 radical (unpaired) electrons. The normalized spacial score (nSPS) is 45.3. The van der Waals surface area contributed by atoms with Gasteiger partial charge >= 0.3 is 0 Å². The number of likely N-dealkylation sites (tertiary alicyclic amines) is 1. The highest BCUT2D eigenvalue weighted by Crippen LogP contribution is 2.35. The summed E-state index contributed by atoms with van der Waals surface area (Å²) in [4.78, 5) is 2.74. The SMILES string of the molecule is CNC1CC(C)CC(C)C1CN1CCC(C)C(C)C1. The van der Waals surface area contributed by atoms with E-state index in [1.54, 1.807) is 0 Å². The Morgan fingerprint density at radius 3 is 2.37 bits per heavy atom. The lowest BCUT2D eigenvalue weighted by molar-refractivity contribution is 0.0681. The van der Waals surface area contributed by atoms with Gasteiger partial charge in [0.1, 0.15) is 0 Å². The van der Waals surface area contributed by atoms with Gasteiger partial charge in [-0.3, -0.25) is 0 Å². The maximum atomic E-state index is 3.60. The van der Waals surface area contributed by atoms with Crippen molar-refractivity contribution in [3.8, 4) is 0 Å². The molecule has 2 rings (SSSR count). The van der Waals surface area contributed by atoms with Crippen molar-refractivity contribution in [2.75, 3.05) is 26.7 Å². The summed E-state index contributed by atoms with van der Waals surface area (Å²) in [5, 5.41) is 3.60. The van der Waals surface area contributed by atoms with Crippen LogP contribution in [0.1, 0.15) is 47.0 Å². The summed E-state index contributed by atoms with van der Waals surface area (Å²) in [7, 11) is 2.16. The second-order valence-corrected chi connectivity index (χ2v) is 7.62. The van der Waals surface area contributed by atoms with Crippen LogP contribution in [-0.2, 0) is 0 Å². The van der Waals surface area contributed by atoms with Crippen LogP contribution in [0.4, 0.5) is 0 Å². The predicted molar refractivity (Wildman–Crippen MR) is 83.3 cm³/mol. The number of nitrogens with zero attached hydrogens (tertiary/aromatic N) is 1. The Morgan fingerprint density at radius 2 is 1.74 bits per heavy atom. The average Bonchev–Trinajstić information content (AvgIpc) is 2.36. The molecule has 0 aromatic heterocycles. The minimum absolute atomic E-state index is 0.730. The smallest absolute Gasteiger partial charge is 0.0110 e. The molecule has 112 valence electrons. The topological polar surface area (TPSA) is 15.3 Å². The standard InChI is InChI=1S/C17H34N2/c1-12-8-14(3)16(17(9-12)18-5)11-19-7-6-13(2)15(4)10-19/h12-18H,6-11H2,1-5H3. The number of hydrogen-bond acceptors (Lipinski definition) is 2. The fourth-order valence-corrected chi connectivity index (χ4v) is 4.36. The zero-order valence-electron chi connectivity index (χ0n) is 13.7. The number of piperidine rings is 1. The van der Waals surface area contributed by atoms with Gasteiger partial charge < -0.3 is 10.2 Å². The molecule has 1 aliphatic heterocycles. The molecule has 1 N–H and O–H groups in total. The van der Waals surface area contributed by atoms with Gasteiger partial charge in [0.05, 0.1) is 0 Å². The van der Waals surface area contributed by atoms with Crippen LogP contribution in [0, 0.1) is 29.6 Å². The highest BCUT2D eigenvalue weighted by atomic mass is 15.1. The third-order valence-corrected chi connectivity index (χ3v) is 5.94. The van der Waals surface area contributed by atoms with E-state index in [2.05, 4.69) is 45.0 Å². The first-order valence-electron chi connectivity index (χ1n) is 8.40. The minimum atomic E-state index is 0.730. The van der Waals surface area contributed by atoms with Crippen molar-refractivity contribution < 1.29 is 0 Å². The first-order chi connectivity index (χ1) is 9.01. The van der Waals surface area contributed by atoms with E-state index in [9.17, 15) is 0 Å². The van der Waals surface area contributed by atoms with Crippen LogP contribution in [-0.4, -0.2) is 37.6 Å². The molecule has 0 amide bonds. The van der Waals surface area contributed by atoms with Gasteiger partial charge in [-0.05, 0) is 62.4 Å². The summed E-state index contributed by atoms with van der Waals surface area (Å²) in [6, 6.07) is 0.730. The Balaban J connectivity index is 1.93. The molecule has 6 unspecified atom stereocenters. The lowest BCUT2D eigenvalue weighted by Gasteiger charge is -2.44. The van der Waals surface area contributed by atoms with Crippen LogP contribution in [0.3, 0.4) is 0 Å². The molecule has 0 aromatic rings. The summed E-state index contributed by atoms with van der Waals surface area (Å²) >= 11 is 0. The highest BCUT2D eigenvalue weighted by Gasteiger charge is 2.35. The third-order valence-electron chi connectivity index (χ3n) is 5.94. The largest absolute Gasteiger partial charge is 0.317 e. The van der Waals surface area contributed by atoms with Gasteiger partial charge in [-0.2, -0.15) is 0 Å². The average molecular weight is 266 g/mol. The Kier molecular flexibility index (Phi) is 5.30. The van der Waals surface area contributed by atoms with Crippen molar-refractivity contribution in [1.29, 1.82) is 0 Å².